The molecule has 0 saturated heterocycles. The maximum absolute atomic E-state index is 5.67. The predicted octanol–water partition coefficient (Wildman–Crippen LogP) is 1.84. The van der Waals surface area contributed by atoms with Gasteiger partial charge in [-0.3, -0.25) is 0 Å². The summed E-state index contributed by atoms with van der Waals surface area (Å²) in [6.45, 7) is 2.06. The summed E-state index contributed by atoms with van der Waals surface area (Å²) in [6, 6.07) is 5.73. The molecule has 0 radical (unpaired) electrons. The summed E-state index contributed by atoms with van der Waals surface area (Å²) in [5.41, 5.74) is 13.8. The van der Waals surface area contributed by atoms with Crippen molar-refractivity contribution < 1.29 is 0 Å². The first kappa shape index (κ1) is 10.1. The molecule has 0 saturated carbocycles. The molecule has 1 aromatic rings. The van der Waals surface area contributed by atoms with Gasteiger partial charge in [0.1, 0.15) is 0 Å². The molecule has 0 bridgehead atoms. The average molecular weight is 173 g/mol. The third-order valence-electron chi connectivity index (χ3n) is 1.61. The van der Waals surface area contributed by atoms with Crippen LogP contribution >= 0.6 is 12.4 Å². The highest BCUT2D eigenvalue weighted by atomic mass is 35.5. The van der Waals surface area contributed by atoms with Crippen molar-refractivity contribution in [1.29, 1.82) is 0 Å². The van der Waals surface area contributed by atoms with Gasteiger partial charge in [-0.05, 0) is 18.1 Å². The van der Waals surface area contributed by atoms with Crippen molar-refractivity contribution in [3.8, 4) is 0 Å². The molecule has 0 aromatic heterocycles. The van der Waals surface area contributed by atoms with Crippen LogP contribution in [-0.4, -0.2) is 0 Å². The molecule has 2 nitrogen and oxygen atoms in total. The second-order valence-electron chi connectivity index (χ2n) is 2.27. The van der Waals surface area contributed by atoms with Crippen molar-refractivity contribution >= 4 is 23.8 Å². The summed E-state index contributed by atoms with van der Waals surface area (Å²) in [5.74, 6) is 0. The highest BCUT2D eigenvalue weighted by Crippen LogP contribution is 2.19. The molecule has 0 aliphatic carbocycles. The number of aryl methyl sites for hydroxylation is 1. The van der Waals surface area contributed by atoms with Crippen LogP contribution in [0.2, 0.25) is 0 Å². The average Bonchev–Trinajstić information content (AvgIpc) is 1.95. The Hall–Kier alpha value is -0.890. The molecule has 0 fully saturated rings. The molecule has 0 heterocycles. The van der Waals surface area contributed by atoms with Gasteiger partial charge in [0.25, 0.3) is 0 Å². The van der Waals surface area contributed by atoms with Crippen molar-refractivity contribution in [2.75, 3.05) is 11.5 Å². The van der Waals surface area contributed by atoms with Gasteiger partial charge in [0, 0.05) is 0 Å². The second kappa shape index (κ2) is 4.09. The first-order valence-corrected chi connectivity index (χ1v) is 3.38. The fourth-order valence-corrected chi connectivity index (χ4v) is 0.941. The standard InChI is InChI=1S/C8H12N2.ClH/c1-2-6-4-3-5-7(9)8(6)10;/h3-5H,2,9-10H2,1H3;1H. The summed E-state index contributed by atoms with van der Waals surface area (Å²) >= 11 is 0. The number of anilines is 2. The fraction of sp³-hybridized carbons (Fsp3) is 0.250. The van der Waals surface area contributed by atoms with E-state index < -0.39 is 0 Å². The molecular formula is C8H13ClN2. The van der Waals surface area contributed by atoms with Gasteiger partial charge >= 0.3 is 0 Å². The van der Waals surface area contributed by atoms with Crippen LogP contribution in [-0.2, 0) is 6.42 Å². The number of hydrogen-bond donors (Lipinski definition) is 2. The first-order valence-electron chi connectivity index (χ1n) is 3.38. The molecule has 1 aromatic carbocycles. The number of benzene rings is 1. The Labute approximate surface area is 73.0 Å². The Morgan fingerprint density at radius 3 is 2.36 bits per heavy atom. The zero-order valence-electron chi connectivity index (χ0n) is 6.50. The SMILES string of the molecule is CCc1cccc(N)c1N.Cl. The third kappa shape index (κ3) is 2.02. The van der Waals surface area contributed by atoms with Gasteiger partial charge in [-0.1, -0.05) is 19.1 Å². The molecule has 3 heteroatoms. The van der Waals surface area contributed by atoms with E-state index in [1.165, 1.54) is 0 Å². The summed E-state index contributed by atoms with van der Waals surface area (Å²) in [4.78, 5) is 0. The van der Waals surface area contributed by atoms with Crippen molar-refractivity contribution in [2.45, 2.75) is 13.3 Å². The molecular weight excluding hydrogens is 160 g/mol. The van der Waals surface area contributed by atoms with E-state index in [1.807, 2.05) is 18.2 Å². The maximum atomic E-state index is 5.67. The van der Waals surface area contributed by atoms with Gasteiger partial charge in [-0.15, -0.1) is 12.4 Å². The van der Waals surface area contributed by atoms with Crippen LogP contribution in [0.15, 0.2) is 18.2 Å². The smallest absolute Gasteiger partial charge is 0.0580 e. The Morgan fingerprint density at radius 2 is 1.91 bits per heavy atom. The van der Waals surface area contributed by atoms with Crippen molar-refractivity contribution in [1.82, 2.24) is 0 Å². The normalized spacial score (nSPS) is 8.82. The molecule has 0 aliphatic heterocycles. The zero-order chi connectivity index (χ0) is 7.56. The number of rotatable bonds is 1. The van der Waals surface area contributed by atoms with Gasteiger partial charge in [-0.25, -0.2) is 0 Å². The van der Waals surface area contributed by atoms with Crippen LogP contribution in [0, 0.1) is 0 Å². The molecule has 4 N–H and O–H groups in total. The van der Waals surface area contributed by atoms with Crippen LogP contribution in [0.25, 0.3) is 0 Å². The minimum Gasteiger partial charge on any atom is -0.397 e. The van der Waals surface area contributed by atoms with E-state index in [-0.39, 0.29) is 12.4 Å². The van der Waals surface area contributed by atoms with Crippen LogP contribution in [0.5, 0.6) is 0 Å². The van der Waals surface area contributed by atoms with E-state index in [4.69, 9.17) is 11.5 Å². The van der Waals surface area contributed by atoms with E-state index in [9.17, 15) is 0 Å². The minimum absolute atomic E-state index is 0. The monoisotopic (exact) mass is 172 g/mol. The number of nitrogen functional groups attached to an aromatic ring is 2. The van der Waals surface area contributed by atoms with Crippen molar-refractivity contribution in [3.63, 3.8) is 0 Å². The van der Waals surface area contributed by atoms with Crippen LogP contribution < -0.4 is 11.5 Å². The second-order valence-corrected chi connectivity index (χ2v) is 2.27. The lowest BCUT2D eigenvalue weighted by Crippen LogP contribution is -1.98. The lowest BCUT2D eigenvalue weighted by Gasteiger charge is -2.03. The number of nitrogens with two attached hydrogens (primary N) is 2. The van der Waals surface area contributed by atoms with E-state index in [0.717, 1.165) is 17.7 Å². The van der Waals surface area contributed by atoms with Crippen molar-refractivity contribution in [2.24, 2.45) is 0 Å². The largest absolute Gasteiger partial charge is 0.397 e. The van der Waals surface area contributed by atoms with Gasteiger partial charge in [0.05, 0.1) is 11.4 Å². The Balaban J connectivity index is 0.000001000. The van der Waals surface area contributed by atoms with E-state index in [2.05, 4.69) is 6.92 Å². The first-order chi connectivity index (χ1) is 4.75. The molecule has 62 valence electrons. The molecule has 11 heavy (non-hydrogen) atoms. The lowest BCUT2D eigenvalue weighted by molar-refractivity contribution is 1.15. The Kier molecular flexibility index (Phi) is 3.76. The van der Waals surface area contributed by atoms with Crippen LogP contribution in [0.4, 0.5) is 11.4 Å². The van der Waals surface area contributed by atoms with Gasteiger partial charge in [-0.2, -0.15) is 0 Å². The van der Waals surface area contributed by atoms with Gasteiger partial charge in [0.2, 0.25) is 0 Å². The quantitative estimate of drug-likeness (QED) is 0.636. The summed E-state index contributed by atoms with van der Waals surface area (Å²) in [5, 5.41) is 0. The number of para-hydroxylation sites is 1. The lowest BCUT2D eigenvalue weighted by atomic mass is 10.1. The number of hydrogen-bond acceptors (Lipinski definition) is 2. The van der Waals surface area contributed by atoms with Gasteiger partial charge in [0.15, 0.2) is 0 Å². The minimum atomic E-state index is 0. The maximum Gasteiger partial charge on any atom is 0.0580 e. The molecule has 0 amide bonds. The highest BCUT2D eigenvalue weighted by molar-refractivity contribution is 5.85. The fourth-order valence-electron chi connectivity index (χ4n) is 0.941. The Morgan fingerprint density at radius 1 is 1.27 bits per heavy atom. The molecule has 1 rings (SSSR count). The molecule has 0 unspecified atom stereocenters. The highest BCUT2D eigenvalue weighted by Gasteiger charge is 1.97. The molecule has 0 atom stereocenters. The van der Waals surface area contributed by atoms with Gasteiger partial charge < -0.3 is 11.5 Å². The van der Waals surface area contributed by atoms with Crippen LogP contribution in [0.3, 0.4) is 0 Å². The summed E-state index contributed by atoms with van der Waals surface area (Å²) in [6.07, 6.45) is 0.941. The van der Waals surface area contributed by atoms with E-state index in [0.29, 0.717) is 5.69 Å². The van der Waals surface area contributed by atoms with Crippen molar-refractivity contribution in [3.05, 3.63) is 23.8 Å². The predicted molar refractivity (Wildman–Crippen MR) is 51.9 cm³/mol. The van der Waals surface area contributed by atoms with E-state index in [1.54, 1.807) is 0 Å². The number of halogens is 1. The molecule has 0 spiro atoms. The third-order valence-corrected chi connectivity index (χ3v) is 1.61. The molecule has 0 aliphatic rings. The summed E-state index contributed by atoms with van der Waals surface area (Å²) in [7, 11) is 0. The topological polar surface area (TPSA) is 52.0 Å². The summed E-state index contributed by atoms with van der Waals surface area (Å²) < 4.78 is 0. The van der Waals surface area contributed by atoms with E-state index >= 15 is 0 Å². The van der Waals surface area contributed by atoms with Crippen LogP contribution in [0.1, 0.15) is 12.5 Å². The Bertz CT molecular complexity index is 236. The zero-order valence-corrected chi connectivity index (χ0v) is 7.32.